The van der Waals surface area contributed by atoms with Gasteiger partial charge in [0.15, 0.2) is 11.4 Å². The van der Waals surface area contributed by atoms with Crippen molar-refractivity contribution in [3.8, 4) is 0 Å². The first kappa shape index (κ1) is 41.3. The molecule has 2 amide bonds. The van der Waals surface area contributed by atoms with Gasteiger partial charge in [0.2, 0.25) is 20.0 Å². The van der Waals surface area contributed by atoms with Crippen molar-refractivity contribution >= 4 is 31.9 Å². The van der Waals surface area contributed by atoms with Crippen molar-refractivity contribution in [3.63, 3.8) is 0 Å². The van der Waals surface area contributed by atoms with Crippen molar-refractivity contribution in [3.05, 3.63) is 35.0 Å². The minimum absolute atomic E-state index is 0.0473. The van der Waals surface area contributed by atoms with Gasteiger partial charge >= 0.3 is 0 Å². The molecule has 2 aromatic rings. The predicted octanol–water partition coefficient (Wildman–Crippen LogP) is 2.93. The Labute approximate surface area is 331 Å². The van der Waals surface area contributed by atoms with Gasteiger partial charge in [-0.15, -0.1) is 0 Å². The summed E-state index contributed by atoms with van der Waals surface area (Å²) < 4.78 is 65.3. The zero-order valence-corrected chi connectivity index (χ0v) is 34.4. The fraction of sp³-hybridized carbons (Fsp3) is 0.789. The number of amides is 2. The lowest BCUT2D eigenvalue weighted by molar-refractivity contribution is 0.0895. The second kappa shape index (κ2) is 17.9. The van der Waals surface area contributed by atoms with Gasteiger partial charge < -0.3 is 30.3 Å². The molecule has 4 N–H and O–H groups in total. The number of nitrogens with one attached hydrogen (secondary N) is 4. The lowest BCUT2D eigenvalue weighted by atomic mass is 10.0. The van der Waals surface area contributed by atoms with Crippen molar-refractivity contribution in [2.75, 3.05) is 50.8 Å². The Morgan fingerprint density at radius 1 is 0.643 bits per heavy atom. The first-order chi connectivity index (χ1) is 26.8. The number of rotatable bonds is 12. The molecule has 0 bridgehead atoms. The Kier molecular flexibility index (Phi) is 13.2. The molecule has 8 rings (SSSR count). The monoisotopic (exact) mass is 820 g/mol. The normalized spacial score (nSPS) is 27.6. The van der Waals surface area contributed by atoms with E-state index >= 15 is 0 Å². The zero-order chi connectivity index (χ0) is 39.5. The minimum atomic E-state index is -3.27. The van der Waals surface area contributed by atoms with Crippen LogP contribution in [-0.4, -0.2) is 123 Å². The predicted molar refractivity (Wildman–Crippen MR) is 209 cm³/mol. The van der Waals surface area contributed by atoms with Gasteiger partial charge in [0.1, 0.15) is 11.5 Å². The van der Waals surface area contributed by atoms with Crippen molar-refractivity contribution in [2.24, 2.45) is 11.8 Å². The van der Waals surface area contributed by atoms with Gasteiger partial charge in [0, 0.05) is 61.2 Å². The molecule has 18 heteroatoms. The standard InChI is InChI=1S/2C19H30N4O4S/c2*1-13-10-16(21-19(24)17-11-18(27-22-17)15-2-3-15)6-9-23(13)28(25,26)12-14-4-7-20-8-5-14/h2*11,13-16,20H,2-10,12H2,1H3,(H,21,24)/t2*13-,16-/m10/s1. The molecule has 0 aromatic carbocycles. The lowest BCUT2D eigenvalue weighted by Gasteiger charge is -2.37. The average molecular weight is 821 g/mol. The van der Waals surface area contributed by atoms with E-state index in [0.717, 1.165) is 89.1 Å². The van der Waals surface area contributed by atoms with E-state index in [1.165, 1.54) is 0 Å². The van der Waals surface area contributed by atoms with Crippen LogP contribution in [0.25, 0.3) is 0 Å². The number of nitrogens with zero attached hydrogens (tertiary/aromatic N) is 4. The summed E-state index contributed by atoms with van der Waals surface area (Å²) in [7, 11) is -6.54. The Balaban J connectivity index is 0.000000172. The molecule has 4 saturated heterocycles. The summed E-state index contributed by atoms with van der Waals surface area (Å²) in [4.78, 5) is 24.9. The van der Waals surface area contributed by atoms with E-state index in [9.17, 15) is 26.4 Å². The van der Waals surface area contributed by atoms with Gasteiger partial charge in [-0.1, -0.05) is 10.3 Å². The fourth-order valence-electron chi connectivity index (χ4n) is 8.71. The Bertz CT molecular complexity index is 1730. The highest BCUT2D eigenvalue weighted by Crippen LogP contribution is 2.41. The number of piperidine rings is 4. The summed E-state index contributed by atoms with van der Waals surface area (Å²) in [5, 5.41) is 20.3. The van der Waals surface area contributed by atoms with Crippen molar-refractivity contribution in [1.82, 2.24) is 40.2 Å². The second-order valence-corrected chi connectivity index (χ2v) is 21.0. The summed E-state index contributed by atoms with van der Waals surface area (Å²) in [5.41, 5.74) is 0.631. The van der Waals surface area contributed by atoms with Crippen LogP contribution < -0.4 is 21.3 Å². The highest BCUT2D eigenvalue weighted by molar-refractivity contribution is 7.89. The number of hydrogen-bond acceptors (Lipinski definition) is 12. The summed E-state index contributed by atoms with van der Waals surface area (Å²) >= 11 is 0. The van der Waals surface area contributed by atoms with Crippen molar-refractivity contribution in [1.29, 1.82) is 0 Å². The summed E-state index contributed by atoms with van der Waals surface area (Å²) in [5.74, 6) is 2.89. The molecule has 16 nitrogen and oxygen atoms in total. The van der Waals surface area contributed by atoms with E-state index in [1.807, 2.05) is 13.8 Å². The van der Waals surface area contributed by atoms with Crippen molar-refractivity contribution in [2.45, 2.75) is 127 Å². The molecule has 2 aliphatic carbocycles. The van der Waals surface area contributed by atoms with Gasteiger partial charge in [0.25, 0.3) is 11.8 Å². The molecule has 6 fully saturated rings. The number of sulfonamides is 2. The average Bonchev–Trinajstić information content (AvgIpc) is 4.09. The van der Waals surface area contributed by atoms with Crippen LogP contribution in [0.3, 0.4) is 0 Å². The number of carbonyl (C=O) groups is 2. The third-order valence-electron chi connectivity index (χ3n) is 12.3. The molecule has 312 valence electrons. The van der Waals surface area contributed by atoms with Crippen LogP contribution in [0.2, 0.25) is 0 Å². The first-order valence-corrected chi connectivity index (χ1v) is 24.0. The zero-order valence-electron chi connectivity index (χ0n) is 32.8. The number of aromatic nitrogens is 2. The van der Waals surface area contributed by atoms with Gasteiger partial charge in [-0.3, -0.25) is 9.59 Å². The lowest BCUT2D eigenvalue weighted by Crippen LogP contribution is -2.52. The summed E-state index contributed by atoms with van der Waals surface area (Å²) in [6.07, 6.45) is 10.5. The van der Waals surface area contributed by atoms with Gasteiger partial charge in [-0.05, 0) is 129 Å². The third kappa shape index (κ3) is 10.8. The molecule has 0 unspecified atom stereocenters. The van der Waals surface area contributed by atoms with E-state index in [2.05, 4.69) is 31.6 Å². The number of carbonyl (C=O) groups excluding carboxylic acids is 2. The molecule has 2 saturated carbocycles. The van der Waals surface area contributed by atoms with Crippen LogP contribution >= 0.6 is 0 Å². The highest BCUT2D eigenvalue weighted by atomic mass is 32.2. The largest absolute Gasteiger partial charge is 0.360 e. The van der Waals surface area contributed by atoms with Crippen LogP contribution in [-0.2, 0) is 20.0 Å². The molecular weight excluding hydrogens is 761 g/mol. The topological polar surface area (TPSA) is 209 Å². The molecule has 6 aliphatic rings. The van der Waals surface area contributed by atoms with E-state index in [1.54, 1.807) is 20.7 Å². The summed E-state index contributed by atoms with van der Waals surface area (Å²) in [6, 6.07) is 3.13. The maximum atomic E-state index is 12.9. The van der Waals surface area contributed by atoms with E-state index < -0.39 is 20.0 Å². The second-order valence-electron chi connectivity index (χ2n) is 17.0. The summed E-state index contributed by atoms with van der Waals surface area (Å²) in [6.45, 7) is 8.35. The Morgan fingerprint density at radius 2 is 1.02 bits per heavy atom. The van der Waals surface area contributed by atoms with Gasteiger partial charge in [-0.25, -0.2) is 16.8 Å². The maximum absolute atomic E-state index is 12.9. The van der Waals surface area contributed by atoms with Gasteiger partial charge in [0.05, 0.1) is 11.5 Å². The minimum Gasteiger partial charge on any atom is -0.360 e. The Morgan fingerprint density at radius 3 is 1.36 bits per heavy atom. The molecule has 56 heavy (non-hydrogen) atoms. The van der Waals surface area contributed by atoms with Crippen LogP contribution in [0.5, 0.6) is 0 Å². The SMILES string of the molecule is C[C@@H]1C[C@H](NC(=O)c2cc(C3CC3)on2)CCN1S(=O)(=O)CC1CCNCC1.C[C@H]1C[C@@H](NC(=O)c2cc(C3CC3)on2)CCN1S(=O)(=O)CC1CCNCC1. The van der Waals surface area contributed by atoms with Crippen LogP contribution in [0.1, 0.15) is 135 Å². The molecule has 4 atom stereocenters. The Hall–Kier alpha value is -2.90. The molecule has 2 aromatic heterocycles. The van der Waals surface area contributed by atoms with Crippen LogP contribution in [0, 0.1) is 11.8 Å². The molecular formula is C38H60N8O8S2. The van der Waals surface area contributed by atoms with Crippen LogP contribution in [0.15, 0.2) is 21.2 Å². The van der Waals surface area contributed by atoms with E-state index in [4.69, 9.17) is 9.05 Å². The fourth-order valence-corrected chi connectivity index (χ4v) is 13.0. The molecule has 4 aliphatic heterocycles. The molecule has 0 radical (unpaired) electrons. The van der Waals surface area contributed by atoms with Crippen LogP contribution in [0.4, 0.5) is 0 Å². The van der Waals surface area contributed by atoms with E-state index in [-0.39, 0.29) is 59.3 Å². The molecule has 0 spiro atoms. The highest BCUT2D eigenvalue weighted by Gasteiger charge is 2.38. The van der Waals surface area contributed by atoms with Gasteiger partial charge in [-0.2, -0.15) is 8.61 Å². The van der Waals surface area contributed by atoms with Crippen molar-refractivity contribution < 1.29 is 35.5 Å². The van der Waals surface area contributed by atoms with E-state index in [0.29, 0.717) is 62.0 Å². The smallest absolute Gasteiger partial charge is 0.273 e. The maximum Gasteiger partial charge on any atom is 0.273 e. The third-order valence-corrected chi connectivity index (χ3v) is 16.6. The molecule has 6 heterocycles. The first-order valence-electron chi connectivity index (χ1n) is 20.8. The number of hydrogen-bond donors (Lipinski definition) is 4. The quantitative estimate of drug-likeness (QED) is 0.244.